The van der Waals surface area contributed by atoms with Crippen LogP contribution in [0.2, 0.25) is 0 Å². The fourth-order valence-corrected chi connectivity index (χ4v) is 2.56. The molecule has 2 heterocycles. The van der Waals surface area contributed by atoms with Gasteiger partial charge in [0, 0.05) is 36.8 Å². The molecule has 1 aromatic carbocycles. The molecule has 0 fully saturated rings. The molecule has 7 heteroatoms. The third kappa shape index (κ3) is 3.65. The minimum atomic E-state index is -0.547. The van der Waals surface area contributed by atoms with Gasteiger partial charge in [0.1, 0.15) is 12.1 Å². The third-order valence-electron chi connectivity index (χ3n) is 3.68. The van der Waals surface area contributed by atoms with Crippen LogP contribution in [0.15, 0.2) is 35.0 Å². The average Bonchev–Trinajstić information content (AvgIpc) is 3.11. The Hall–Kier alpha value is -2.83. The Morgan fingerprint density at radius 2 is 2.04 bits per heavy atom. The second-order valence-electron chi connectivity index (χ2n) is 7.02. The number of nitrogens with zero attached hydrogens (tertiary/aromatic N) is 4. The SMILES string of the molecule is CN(Cc1nc(-c2cn(C)c3ccccc23)no1)C(=O)OC(C)(C)C. The molecule has 1 amide bonds. The van der Waals surface area contributed by atoms with Gasteiger partial charge in [-0.2, -0.15) is 4.98 Å². The van der Waals surface area contributed by atoms with Crippen LogP contribution in [0.1, 0.15) is 26.7 Å². The van der Waals surface area contributed by atoms with Crippen molar-refractivity contribution in [2.45, 2.75) is 32.9 Å². The maximum Gasteiger partial charge on any atom is 0.410 e. The molecule has 25 heavy (non-hydrogen) atoms. The van der Waals surface area contributed by atoms with Crippen molar-refractivity contribution in [2.24, 2.45) is 7.05 Å². The lowest BCUT2D eigenvalue weighted by molar-refractivity contribution is 0.0268. The van der Waals surface area contributed by atoms with E-state index >= 15 is 0 Å². The number of fused-ring (bicyclic) bond motifs is 1. The molecule has 3 aromatic rings. The first-order valence-corrected chi connectivity index (χ1v) is 8.06. The van der Waals surface area contributed by atoms with E-state index in [2.05, 4.69) is 10.1 Å². The number of hydrogen-bond acceptors (Lipinski definition) is 5. The number of carbonyl (C=O) groups is 1. The topological polar surface area (TPSA) is 73.4 Å². The van der Waals surface area contributed by atoms with Gasteiger partial charge in [0.2, 0.25) is 11.7 Å². The van der Waals surface area contributed by atoms with Gasteiger partial charge in [0.05, 0.1) is 0 Å². The van der Waals surface area contributed by atoms with Crippen molar-refractivity contribution < 1.29 is 14.1 Å². The lowest BCUT2D eigenvalue weighted by atomic mass is 10.2. The van der Waals surface area contributed by atoms with Crippen molar-refractivity contribution in [3.8, 4) is 11.4 Å². The van der Waals surface area contributed by atoms with E-state index in [-0.39, 0.29) is 6.54 Å². The number of para-hydroxylation sites is 1. The van der Waals surface area contributed by atoms with Crippen LogP contribution in [-0.4, -0.2) is 38.3 Å². The summed E-state index contributed by atoms with van der Waals surface area (Å²) >= 11 is 0. The predicted molar refractivity (Wildman–Crippen MR) is 93.9 cm³/mol. The van der Waals surface area contributed by atoms with Gasteiger partial charge < -0.3 is 18.7 Å². The molecule has 0 aliphatic heterocycles. The largest absolute Gasteiger partial charge is 0.444 e. The van der Waals surface area contributed by atoms with Crippen LogP contribution in [-0.2, 0) is 18.3 Å². The van der Waals surface area contributed by atoms with Crippen molar-refractivity contribution in [2.75, 3.05) is 7.05 Å². The first-order valence-electron chi connectivity index (χ1n) is 8.06. The Bertz CT molecular complexity index is 905. The van der Waals surface area contributed by atoms with Crippen LogP contribution >= 0.6 is 0 Å². The molecule has 0 saturated carbocycles. The van der Waals surface area contributed by atoms with E-state index in [1.54, 1.807) is 7.05 Å². The van der Waals surface area contributed by atoms with Gasteiger partial charge in [-0.25, -0.2) is 4.79 Å². The molecule has 0 aliphatic rings. The quantitative estimate of drug-likeness (QED) is 0.727. The lowest BCUT2D eigenvalue weighted by Crippen LogP contribution is -2.33. The first kappa shape index (κ1) is 17.0. The number of carbonyl (C=O) groups excluding carboxylic acids is 1. The number of ether oxygens (including phenoxy) is 1. The zero-order valence-electron chi connectivity index (χ0n) is 15.1. The van der Waals surface area contributed by atoms with Crippen LogP contribution in [0.4, 0.5) is 4.79 Å². The lowest BCUT2D eigenvalue weighted by Gasteiger charge is -2.23. The van der Waals surface area contributed by atoms with Crippen molar-refractivity contribution in [1.82, 2.24) is 19.6 Å². The molecule has 0 N–H and O–H groups in total. The highest BCUT2D eigenvalue weighted by Gasteiger charge is 2.22. The minimum Gasteiger partial charge on any atom is -0.444 e. The molecule has 0 atom stereocenters. The van der Waals surface area contributed by atoms with Crippen LogP contribution in [0.25, 0.3) is 22.3 Å². The molecule has 0 saturated heterocycles. The highest BCUT2D eigenvalue weighted by atomic mass is 16.6. The van der Waals surface area contributed by atoms with Gasteiger partial charge >= 0.3 is 6.09 Å². The van der Waals surface area contributed by atoms with Crippen LogP contribution in [0.3, 0.4) is 0 Å². The monoisotopic (exact) mass is 342 g/mol. The summed E-state index contributed by atoms with van der Waals surface area (Å²) < 4.78 is 12.6. The van der Waals surface area contributed by atoms with Crippen molar-refractivity contribution in [3.63, 3.8) is 0 Å². The Labute approximate surface area is 146 Å². The third-order valence-corrected chi connectivity index (χ3v) is 3.68. The number of benzene rings is 1. The predicted octanol–water partition coefficient (Wildman–Crippen LogP) is 3.60. The zero-order chi connectivity index (χ0) is 18.2. The summed E-state index contributed by atoms with van der Waals surface area (Å²) in [5.74, 6) is 0.862. The molecule has 0 aliphatic carbocycles. The number of hydrogen-bond donors (Lipinski definition) is 0. The highest BCUT2D eigenvalue weighted by molar-refractivity contribution is 5.94. The second-order valence-corrected chi connectivity index (χ2v) is 7.02. The van der Waals surface area contributed by atoms with E-state index in [1.807, 2.05) is 62.8 Å². The molecule has 132 valence electrons. The van der Waals surface area contributed by atoms with Crippen molar-refractivity contribution >= 4 is 17.0 Å². The first-order chi connectivity index (χ1) is 11.7. The van der Waals surface area contributed by atoms with Crippen LogP contribution in [0.5, 0.6) is 0 Å². The summed E-state index contributed by atoms with van der Waals surface area (Å²) in [7, 11) is 3.61. The van der Waals surface area contributed by atoms with Gasteiger partial charge in [-0.15, -0.1) is 0 Å². The molecular formula is C18H22N4O3. The number of aromatic nitrogens is 3. The van der Waals surface area contributed by atoms with E-state index in [0.717, 1.165) is 16.5 Å². The van der Waals surface area contributed by atoms with E-state index in [4.69, 9.17) is 9.26 Å². The standard InChI is InChI=1S/C18H22N4O3/c1-18(2,3)24-17(23)22(5)11-15-19-16(20-25-15)13-10-21(4)14-9-7-6-8-12(13)14/h6-10H,11H2,1-5H3. The minimum absolute atomic E-state index is 0.187. The second kappa shape index (κ2) is 6.23. The molecule has 0 unspecified atom stereocenters. The molecule has 3 rings (SSSR count). The molecule has 0 spiro atoms. The van der Waals surface area contributed by atoms with Gasteiger partial charge in [-0.1, -0.05) is 23.4 Å². The van der Waals surface area contributed by atoms with E-state index in [9.17, 15) is 4.79 Å². The Kier molecular flexibility index (Phi) is 4.24. The Morgan fingerprint density at radius 1 is 1.32 bits per heavy atom. The average molecular weight is 342 g/mol. The fraction of sp³-hybridized carbons (Fsp3) is 0.389. The van der Waals surface area contributed by atoms with Crippen LogP contribution in [0, 0.1) is 0 Å². The number of rotatable bonds is 3. The Balaban J connectivity index is 1.79. The van der Waals surface area contributed by atoms with Gasteiger partial charge in [0.15, 0.2) is 0 Å². The van der Waals surface area contributed by atoms with E-state index < -0.39 is 11.7 Å². The normalized spacial score (nSPS) is 11.7. The summed E-state index contributed by atoms with van der Waals surface area (Å²) in [4.78, 5) is 17.9. The van der Waals surface area contributed by atoms with Gasteiger partial charge in [0.25, 0.3) is 0 Å². The molecule has 7 nitrogen and oxygen atoms in total. The molecule has 0 radical (unpaired) electrons. The molecule has 2 aromatic heterocycles. The number of aryl methyl sites for hydroxylation is 1. The summed E-state index contributed by atoms with van der Waals surface area (Å²) in [6, 6.07) is 8.02. The smallest absolute Gasteiger partial charge is 0.410 e. The summed E-state index contributed by atoms with van der Waals surface area (Å²) in [5, 5.41) is 5.11. The summed E-state index contributed by atoms with van der Waals surface area (Å²) in [5.41, 5.74) is 1.44. The van der Waals surface area contributed by atoms with Gasteiger partial charge in [-0.3, -0.25) is 0 Å². The molecule has 0 bridgehead atoms. The van der Waals surface area contributed by atoms with E-state index in [0.29, 0.717) is 11.7 Å². The fourth-order valence-electron chi connectivity index (χ4n) is 2.56. The van der Waals surface area contributed by atoms with Gasteiger partial charge in [-0.05, 0) is 26.8 Å². The maximum atomic E-state index is 12.0. The summed E-state index contributed by atoms with van der Waals surface area (Å²) in [6.45, 7) is 5.66. The highest BCUT2D eigenvalue weighted by Crippen LogP contribution is 2.28. The van der Waals surface area contributed by atoms with Crippen molar-refractivity contribution in [3.05, 3.63) is 36.4 Å². The zero-order valence-corrected chi connectivity index (χ0v) is 15.1. The number of amides is 1. The Morgan fingerprint density at radius 3 is 2.76 bits per heavy atom. The maximum absolute atomic E-state index is 12.0. The summed E-state index contributed by atoms with van der Waals surface area (Å²) in [6.07, 6.45) is 1.54. The van der Waals surface area contributed by atoms with Crippen LogP contribution < -0.4 is 0 Å². The molecular weight excluding hydrogens is 320 g/mol. The van der Waals surface area contributed by atoms with Crippen molar-refractivity contribution in [1.29, 1.82) is 0 Å². The van der Waals surface area contributed by atoms with E-state index in [1.165, 1.54) is 4.90 Å².